The molecule has 29 heavy (non-hydrogen) atoms. The molecule has 7 heteroatoms. The topological polar surface area (TPSA) is 79.3 Å². The Morgan fingerprint density at radius 3 is 2.38 bits per heavy atom. The van der Waals surface area contributed by atoms with Crippen LogP contribution in [0.3, 0.4) is 0 Å². The van der Waals surface area contributed by atoms with Crippen LogP contribution in [-0.4, -0.2) is 40.5 Å². The Morgan fingerprint density at radius 1 is 0.931 bits per heavy atom. The summed E-state index contributed by atoms with van der Waals surface area (Å²) in [7, 11) is 0. The number of imidazole rings is 1. The van der Waals surface area contributed by atoms with E-state index in [1.165, 1.54) is 18.5 Å². The second-order valence-corrected chi connectivity index (χ2v) is 8.28. The fraction of sp³-hybridized carbons (Fsp3) is 0.500. The van der Waals surface area contributed by atoms with Crippen molar-refractivity contribution in [1.82, 2.24) is 14.9 Å². The molecule has 7 nitrogen and oxygen atoms in total. The van der Waals surface area contributed by atoms with Crippen LogP contribution in [0.1, 0.15) is 65.3 Å². The number of fused-ring (bicyclic) bond motifs is 1. The molecular weight excluding hydrogens is 366 g/mol. The van der Waals surface area contributed by atoms with E-state index in [2.05, 4.69) is 32.7 Å². The zero-order valence-corrected chi connectivity index (χ0v) is 16.6. The highest BCUT2D eigenvalue weighted by molar-refractivity contribution is 6.03. The summed E-state index contributed by atoms with van der Waals surface area (Å²) in [4.78, 5) is 32.4. The summed E-state index contributed by atoms with van der Waals surface area (Å²) < 4.78 is 1.93. The number of rotatable bonds is 5. The van der Waals surface area contributed by atoms with Crippen LogP contribution >= 0.6 is 0 Å². The van der Waals surface area contributed by atoms with Crippen LogP contribution in [0.25, 0.3) is 0 Å². The molecule has 1 saturated heterocycles. The summed E-state index contributed by atoms with van der Waals surface area (Å²) in [5.74, 6) is -0.0658. The van der Waals surface area contributed by atoms with Crippen LogP contribution in [0.4, 0.5) is 11.4 Å². The average Bonchev–Trinajstić information content (AvgIpc) is 3.24. The molecule has 2 aliphatic heterocycles. The van der Waals surface area contributed by atoms with Crippen molar-refractivity contribution in [2.24, 2.45) is 0 Å². The number of nitrogens with one attached hydrogen (secondary N) is 2. The molecule has 3 heterocycles. The number of carbonyl (C=O) groups is 2. The molecule has 0 spiro atoms. The zero-order valence-electron chi connectivity index (χ0n) is 16.6. The average molecular weight is 393 g/mol. The zero-order chi connectivity index (χ0) is 19.8. The van der Waals surface area contributed by atoms with Gasteiger partial charge in [-0.25, -0.2) is 4.98 Å². The molecule has 2 N–H and O–H groups in total. The molecule has 0 bridgehead atoms. The molecule has 1 aliphatic carbocycles. The van der Waals surface area contributed by atoms with Crippen LogP contribution in [0, 0.1) is 0 Å². The molecular formula is C22H27N5O2. The Hall–Kier alpha value is -2.83. The van der Waals surface area contributed by atoms with Gasteiger partial charge in [-0.15, -0.1) is 0 Å². The van der Waals surface area contributed by atoms with Gasteiger partial charge in [-0.3, -0.25) is 9.59 Å². The largest absolute Gasteiger partial charge is 0.372 e. The first-order chi connectivity index (χ1) is 14.2. The highest BCUT2D eigenvalue weighted by Crippen LogP contribution is 2.25. The quantitative estimate of drug-likeness (QED) is 0.819. The van der Waals surface area contributed by atoms with Crippen molar-refractivity contribution in [1.29, 1.82) is 0 Å². The van der Waals surface area contributed by atoms with Gasteiger partial charge in [0.15, 0.2) is 5.82 Å². The highest BCUT2D eigenvalue weighted by atomic mass is 16.2. The molecule has 0 radical (unpaired) electrons. The van der Waals surface area contributed by atoms with E-state index in [9.17, 15) is 9.59 Å². The molecule has 0 unspecified atom stereocenters. The van der Waals surface area contributed by atoms with E-state index in [1.807, 2.05) is 16.7 Å². The standard InChI is InChI=1S/C22H27N5O2/c28-21(23-15-6-7-15)19-18-5-1-2-14-27(18)20(25-19)22(29)24-16-8-10-17(11-9-16)26-12-3-4-13-26/h8-11,15H,1-7,12-14H2,(H,23,28)(H,24,29). The third-order valence-corrected chi connectivity index (χ3v) is 6.04. The molecule has 5 rings (SSSR count). The van der Waals surface area contributed by atoms with Crippen LogP contribution in [0.5, 0.6) is 0 Å². The van der Waals surface area contributed by atoms with Gasteiger partial charge in [0.05, 0.1) is 5.69 Å². The molecule has 152 valence electrons. The maximum absolute atomic E-state index is 13.0. The van der Waals surface area contributed by atoms with Crippen molar-refractivity contribution in [3.8, 4) is 0 Å². The molecule has 0 atom stereocenters. The van der Waals surface area contributed by atoms with Gasteiger partial charge in [0.1, 0.15) is 5.69 Å². The first-order valence-corrected chi connectivity index (χ1v) is 10.8. The minimum Gasteiger partial charge on any atom is -0.372 e. The Kier molecular flexibility index (Phi) is 4.73. The van der Waals surface area contributed by atoms with E-state index < -0.39 is 0 Å². The molecule has 1 saturated carbocycles. The van der Waals surface area contributed by atoms with Crippen molar-refractivity contribution in [3.63, 3.8) is 0 Å². The van der Waals surface area contributed by atoms with Crippen molar-refractivity contribution in [3.05, 3.63) is 41.5 Å². The maximum atomic E-state index is 13.0. The maximum Gasteiger partial charge on any atom is 0.291 e. The predicted octanol–water partition coefficient (Wildman–Crippen LogP) is 2.96. The fourth-order valence-electron chi connectivity index (χ4n) is 4.30. The predicted molar refractivity (Wildman–Crippen MR) is 111 cm³/mol. The third-order valence-electron chi connectivity index (χ3n) is 6.04. The van der Waals surface area contributed by atoms with Crippen LogP contribution in [-0.2, 0) is 13.0 Å². The van der Waals surface area contributed by atoms with Gasteiger partial charge < -0.3 is 20.1 Å². The molecule has 2 aromatic rings. The van der Waals surface area contributed by atoms with Crippen molar-refractivity contribution < 1.29 is 9.59 Å². The first-order valence-electron chi connectivity index (χ1n) is 10.8. The van der Waals surface area contributed by atoms with Gasteiger partial charge in [-0.1, -0.05) is 0 Å². The number of benzene rings is 1. The number of carbonyl (C=O) groups excluding carboxylic acids is 2. The number of nitrogens with zero attached hydrogens (tertiary/aromatic N) is 3. The fourth-order valence-corrected chi connectivity index (χ4v) is 4.30. The Morgan fingerprint density at radius 2 is 1.66 bits per heavy atom. The van der Waals surface area contributed by atoms with Crippen molar-refractivity contribution in [2.45, 2.75) is 57.5 Å². The second-order valence-electron chi connectivity index (χ2n) is 8.28. The number of hydrogen-bond donors (Lipinski definition) is 2. The normalized spacial score (nSPS) is 18.4. The minimum atomic E-state index is -0.257. The number of hydrogen-bond acceptors (Lipinski definition) is 4. The van der Waals surface area contributed by atoms with Crippen LogP contribution < -0.4 is 15.5 Å². The molecule has 3 aliphatic rings. The lowest BCUT2D eigenvalue weighted by molar-refractivity contribution is 0.0945. The highest BCUT2D eigenvalue weighted by Gasteiger charge is 2.30. The van der Waals surface area contributed by atoms with Gasteiger partial charge >= 0.3 is 0 Å². The third kappa shape index (κ3) is 3.73. The van der Waals surface area contributed by atoms with Crippen molar-refractivity contribution >= 4 is 23.2 Å². The minimum absolute atomic E-state index is 0.146. The van der Waals surface area contributed by atoms with Gasteiger partial charge in [0.25, 0.3) is 11.8 Å². The van der Waals surface area contributed by atoms with E-state index in [1.54, 1.807) is 0 Å². The summed E-state index contributed by atoms with van der Waals surface area (Å²) in [6, 6.07) is 8.25. The number of amides is 2. The van der Waals surface area contributed by atoms with E-state index in [4.69, 9.17) is 0 Å². The summed E-state index contributed by atoms with van der Waals surface area (Å²) in [5.41, 5.74) is 3.25. The Balaban J connectivity index is 1.35. The second kappa shape index (κ2) is 7.54. The number of aromatic nitrogens is 2. The summed E-state index contributed by atoms with van der Waals surface area (Å²) in [5, 5.41) is 5.96. The van der Waals surface area contributed by atoms with Gasteiger partial charge in [0.2, 0.25) is 0 Å². The summed E-state index contributed by atoms with van der Waals surface area (Å²) >= 11 is 0. The smallest absolute Gasteiger partial charge is 0.291 e. The van der Waals surface area contributed by atoms with Crippen LogP contribution in [0.2, 0.25) is 0 Å². The van der Waals surface area contributed by atoms with E-state index >= 15 is 0 Å². The monoisotopic (exact) mass is 393 g/mol. The molecule has 1 aromatic heterocycles. The van der Waals surface area contributed by atoms with Gasteiger partial charge in [-0.2, -0.15) is 0 Å². The molecule has 2 fully saturated rings. The van der Waals surface area contributed by atoms with Gasteiger partial charge in [0, 0.05) is 37.1 Å². The number of anilines is 2. The summed E-state index contributed by atoms with van der Waals surface area (Å²) in [6.45, 7) is 2.92. The lowest BCUT2D eigenvalue weighted by Crippen LogP contribution is -2.27. The molecule has 1 aromatic carbocycles. The van der Waals surface area contributed by atoms with Gasteiger partial charge in [-0.05, 0) is 69.2 Å². The lowest BCUT2D eigenvalue weighted by atomic mass is 10.1. The Bertz CT molecular complexity index is 923. The lowest BCUT2D eigenvalue weighted by Gasteiger charge is -2.18. The Labute approximate surface area is 170 Å². The first kappa shape index (κ1) is 18.2. The molecule has 2 amide bonds. The van der Waals surface area contributed by atoms with Crippen molar-refractivity contribution in [2.75, 3.05) is 23.3 Å². The SMILES string of the molecule is O=C(NC1CC1)c1nc(C(=O)Nc2ccc(N3CCCC3)cc2)n2c1CCCC2. The van der Waals surface area contributed by atoms with Crippen LogP contribution in [0.15, 0.2) is 24.3 Å². The van der Waals surface area contributed by atoms with E-state index in [0.717, 1.165) is 63.1 Å². The van der Waals surface area contributed by atoms with E-state index in [-0.39, 0.29) is 17.9 Å². The van der Waals surface area contributed by atoms with E-state index in [0.29, 0.717) is 11.5 Å². The summed E-state index contributed by atoms with van der Waals surface area (Å²) in [6.07, 6.45) is 7.34.